The van der Waals surface area contributed by atoms with E-state index in [0.717, 1.165) is 0 Å². The molecule has 9 heteroatoms. The Morgan fingerprint density at radius 3 is 2.22 bits per heavy atom. The van der Waals surface area contributed by atoms with Gasteiger partial charge in [0, 0.05) is 33.3 Å². The first kappa shape index (κ1) is 23.3. The summed E-state index contributed by atoms with van der Waals surface area (Å²) in [7, 11) is 6.22. The summed E-state index contributed by atoms with van der Waals surface area (Å²) >= 11 is 5.71. The van der Waals surface area contributed by atoms with E-state index in [-0.39, 0.29) is 6.09 Å². The minimum absolute atomic E-state index is 0.316. The van der Waals surface area contributed by atoms with Crippen molar-refractivity contribution in [3.63, 3.8) is 0 Å². The maximum Gasteiger partial charge on any atom is 0.410 e. The zero-order valence-electron chi connectivity index (χ0n) is 17.0. The van der Waals surface area contributed by atoms with Crippen molar-refractivity contribution in [1.29, 1.82) is 0 Å². The molecule has 0 unspecified atom stereocenters. The average Bonchev–Trinajstić information content (AvgIpc) is 3.07. The predicted octanol–water partition coefficient (Wildman–Crippen LogP) is 3.37. The van der Waals surface area contributed by atoms with Gasteiger partial charge in [-0.3, -0.25) is 0 Å². The van der Waals surface area contributed by atoms with Crippen molar-refractivity contribution >= 4 is 17.7 Å². The number of hydrogen-bond acceptors (Lipinski definition) is 7. The summed E-state index contributed by atoms with van der Waals surface area (Å²) in [5, 5.41) is 0.480. The Kier molecular flexibility index (Phi) is 8.59. The number of likely N-dealkylation sites (tertiary alicyclic amines) is 1. The summed E-state index contributed by atoms with van der Waals surface area (Å²) in [5.41, 5.74) is -0.470. The number of amides is 1. The Hall–Kier alpha value is -1.77. The number of ether oxygens (including phenoxy) is 5. The minimum atomic E-state index is -0.670. The monoisotopic (exact) mass is 404 g/mol. The molecule has 1 aliphatic heterocycles. The molecule has 0 saturated carbocycles. The van der Waals surface area contributed by atoms with Crippen LogP contribution in [-0.2, 0) is 14.2 Å². The van der Waals surface area contributed by atoms with Gasteiger partial charge in [-0.05, 0) is 26.8 Å². The Balaban J connectivity index is 0.000000289. The smallest absolute Gasteiger partial charge is 0.410 e. The molecular formula is C18H29ClN2O6. The maximum absolute atomic E-state index is 11.8. The number of nitrogens with zero attached hydrogens (tertiary/aromatic N) is 2. The fourth-order valence-electron chi connectivity index (χ4n) is 2.32. The number of carbonyl (C=O) groups is 1. The van der Waals surface area contributed by atoms with Crippen LogP contribution in [0.3, 0.4) is 0 Å². The molecule has 0 N–H and O–H groups in total. The number of aromatic nitrogens is 1. The first-order chi connectivity index (χ1) is 12.6. The molecule has 1 fully saturated rings. The second-order valence-electron chi connectivity index (χ2n) is 6.82. The van der Waals surface area contributed by atoms with Crippen LogP contribution in [-0.4, -0.2) is 68.9 Å². The highest BCUT2D eigenvalue weighted by atomic mass is 35.5. The van der Waals surface area contributed by atoms with Crippen molar-refractivity contribution in [2.24, 2.45) is 0 Å². The Morgan fingerprint density at radius 2 is 1.78 bits per heavy atom. The van der Waals surface area contributed by atoms with Crippen LogP contribution >= 0.6 is 11.6 Å². The fourth-order valence-corrected chi connectivity index (χ4v) is 2.50. The van der Waals surface area contributed by atoms with E-state index in [1.807, 2.05) is 20.8 Å². The first-order valence-electron chi connectivity index (χ1n) is 8.42. The molecule has 1 aromatic heterocycles. The molecule has 154 valence electrons. The maximum atomic E-state index is 11.8. The lowest BCUT2D eigenvalue weighted by molar-refractivity contribution is -0.194. The van der Waals surface area contributed by atoms with Crippen LogP contribution in [0.5, 0.6) is 11.8 Å². The molecule has 1 aliphatic rings. The highest BCUT2D eigenvalue weighted by molar-refractivity contribution is 6.31. The number of hydrogen-bond donors (Lipinski definition) is 0. The van der Waals surface area contributed by atoms with E-state index in [4.69, 9.17) is 35.3 Å². The van der Waals surface area contributed by atoms with Crippen LogP contribution in [0.4, 0.5) is 4.79 Å². The molecule has 1 amide bonds. The van der Waals surface area contributed by atoms with Gasteiger partial charge in [-0.2, -0.15) is 4.98 Å². The average molecular weight is 405 g/mol. The molecule has 2 heterocycles. The highest BCUT2D eigenvalue weighted by Gasteiger charge is 2.41. The summed E-state index contributed by atoms with van der Waals surface area (Å²) < 4.78 is 25.6. The van der Waals surface area contributed by atoms with E-state index < -0.39 is 11.4 Å². The Labute approximate surface area is 165 Å². The number of carbonyl (C=O) groups excluding carboxylic acids is 1. The molecular weight excluding hydrogens is 376 g/mol. The molecule has 0 atom stereocenters. The van der Waals surface area contributed by atoms with Crippen molar-refractivity contribution < 1.29 is 28.5 Å². The lowest BCUT2D eigenvalue weighted by Gasteiger charge is -2.27. The summed E-state index contributed by atoms with van der Waals surface area (Å²) in [6, 6.07) is 3.34. The van der Waals surface area contributed by atoms with Gasteiger partial charge < -0.3 is 28.6 Å². The van der Waals surface area contributed by atoms with Crippen molar-refractivity contribution in [1.82, 2.24) is 9.88 Å². The third-order valence-electron chi connectivity index (χ3n) is 3.78. The predicted molar refractivity (Wildman–Crippen MR) is 102 cm³/mol. The third kappa shape index (κ3) is 7.04. The van der Waals surface area contributed by atoms with Crippen molar-refractivity contribution in [2.45, 2.75) is 38.6 Å². The zero-order valence-corrected chi connectivity index (χ0v) is 17.8. The van der Waals surface area contributed by atoms with Crippen molar-refractivity contribution in [2.75, 3.05) is 41.5 Å². The highest BCUT2D eigenvalue weighted by Crippen LogP contribution is 2.26. The van der Waals surface area contributed by atoms with E-state index >= 15 is 0 Å². The lowest BCUT2D eigenvalue weighted by atomic mass is 10.2. The van der Waals surface area contributed by atoms with Gasteiger partial charge in [0.2, 0.25) is 11.8 Å². The van der Waals surface area contributed by atoms with Gasteiger partial charge >= 0.3 is 6.09 Å². The quantitative estimate of drug-likeness (QED) is 0.711. The molecule has 2 rings (SSSR count). The van der Waals surface area contributed by atoms with Crippen LogP contribution in [0.1, 0.15) is 27.2 Å². The van der Waals surface area contributed by atoms with Gasteiger partial charge in [-0.15, -0.1) is 0 Å². The summed E-state index contributed by atoms with van der Waals surface area (Å²) in [4.78, 5) is 17.3. The van der Waals surface area contributed by atoms with Gasteiger partial charge in [0.1, 0.15) is 10.6 Å². The van der Waals surface area contributed by atoms with Gasteiger partial charge in [0.05, 0.1) is 20.8 Å². The summed E-state index contributed by atoms with van der Waals surface area (Å²) in [6.45, 7) is 6.55. The van der Waals surface area contributed by atoms with Crippen molar-refractivity contribution in [3.8, 4) is 11.8 Å². The van der Waals surface area contributed by atoms with E-state index in [2.05, 4.69) is 4.98 Å². The zero-order chi connectivity index (χ0) is 20.7. The van der Waals surface area contributed by atoms with E-state index in [1.54, 1.807) is 31.3 Å². The van der Waals surface area contributed by atoms with Crippen LogP contribution in [0.25, 0.3) is 0 Å². The second kappa shape index (κ2) is 9.96. The first-order valence-corrected chi connectivity index (χ1v) is 8.80. The Bertz CT molecular complexity index is 616. The largest absolute Gasteiger partial charge is 0.481 e. The minimum Gasteiger partial charge on any atom is -0.481 e. The number of methoxy groups -OCH3 is 4. The summed E-state index contributed by atoms with van der Waals surface area (Å²) in [5.74, 6) is 0.203. The third-order valence-corrected chi connectivity index (χ3v) is 4.07. The molecule has 0 spiro atoms. The van der Waals surface area contributed by atoms with Gasteiger partial charge in [0.15, 0.2) is 5.79 Å². The van der Waals surface area contributed by atoms with Gasteiger partial charge in [-0.25, -0.2) is 4.79 Å². The van der Waals surface area contributed by atoms with Gasteiger partial charge in [-0.1, -0.05) is 11.6 Å². The van der Waals surface area contributed by atoms with Crippen LogP contribution in [0.15, 0.2) is 12.1 Å². The molecule has 27 heavy (non-hydrogen) atoms. The number of halogens is 1. The van der Waals surface area contributed by atoms with Crippen LogP contribution < -0.4 is 9.47 Å². The summed E-state index contributed by atoms with van der Waals surface area (Å²) in [6.07, 6.45) is 0.350. The van der Waals surface area contributed by atoms with Crippen LogP contribution in [0, 0.1) is 0 Å². The molecule has 0 bridgehead atoms. The van der Waals surface area contributed by atoms with E-state index in [0.29, 0.717) is 36.3 Å². The number of rotatable bonds is 4. The van der Waals surface area contributed by atoms with Crippen molar-refractivity contribution in [3.05, 3.63) is 17.2 Å². The lowest BCUT2D eigenvalue weighted by Crippen LogP contribution is -2.41. The molecule has 1 aromatic rings. The molecule has 0 aliphatic carbocycles. The Morgan fingerprint density at radius 1 is 1.15 bits per heavy atom. The fraction of sp³-hybridized carbons (Fsp3) is 0.667. The standard InChI is InChI=1S/C11H21NO4.C7H8ClNO2/c1-10(2,3)16-9(13)12-7-6-11(8-12,14-4)15-5;1-10-6-4-3-5(8)7(9-6)11-2/h6-8H2,1-5H3;3-4H,1-2H3. The molecule has 1 saturated heterocycles. The van der Waals surface area contributed by atoms with E-state index in [9.17, 15) is 4.79 Å². The van der Waals surface area contributed by atoms with E-state index in [1.165, 1.54) is 14.2 Å². The molecule has 0 radical (unpaired) electrons. The normalized spacial score (nSPS) is 15.6. The second-order valence-corrected chi connectivity index (χ2v) is 7.22. The SMILES string of the molecule is COC1(OC)CCN(C(=O)OC(C)(C)C)C1.COc1ccc(Cl)c(OC)n1. The van der Waals surface area contributed by atoms with Crippen LogP contribution in [0.2, 0.25) is 5.02 Å². The van der Waals surface area contributed by atoms with Gasteiger partial charge in [0.25, 0.3) is 0 Å². The molecule has 0 aromatic carbocycles. The molecule has 8 nitrogen and oxygen atoms in total. The number of pyridine rings is 1. The topological polar surface area (TPSA) is 79.4 Å².